The molecule has 0 saturated heterocycles. The van der Waals surface area contributed by atoms with Gasteiger partial charge in [0.2, 0.25) is 0 Å². The Balaban J connectivity index is 2.65. The molecule has 5 heteroatoms. The van der Waals surface area contributed by atoms with Crippen LogP contribution in [0, 0.1) is 0 Å². The summed E-state index contributed by atoms with van der Waals surface area (Å²) < 4.78 is 4.81. The highest BCUT2D eigenvalue weighted by molar-refractivity contribution is 5.95. The van der Waals surface area contributed by atoms with Gasteiger partial charge in [0.15, 0.2) is 0 Å². The van der Waals surface area contributed by atoms with Crippen molar-refractivity contribution in [2.75, 3.05) is 0 Å². The SMILES string of the molecule is CC(=O)CC(=O)Oc1ccc(C(=O)O)cc1. The van der Waals surface area contributed by atoms with Gasteiger partial charge >= 0.3 is 11.9 Å². The lowest BCUT2D eigenvalue weighted by molar-refractivity contribution is -0.137. The summed E-state index contributed by atoms with van der Waals surface area (Å²) in [7, 11) is 0. The molecule has 0 atom stereocenters. The van der Waals surface area contributed by atoms with E-state index in [9.17, 15) is 14.4 Å². The highest BCUT2D eigenvalue weighted by Crippen LogP contribution is 2.12. The van der Waals surface area contributed by atoms with Gasteiger partial charge in [-0.05, 0) is 31.2 Å². The lowest BCUT2D eigenvalue weighted by Crippen LogP contribution is -2.11. The van der Waals surface area contributed by atoms with E-state index in [0.717, 1.165) is 0 Å². The molecule has 0 fully saturated rings. The van der Waals surface area contributed by atoms with E-state index in [1.165, 1.54) is 31.2 Å². The molecule has 0 heterocycles. The molecule has 0 unspecified atom stereocenters. The molecule has 0 radical (unpaired) electrons. The van der Waals surface area contributed by atoms with E-state index in [1.807, 2.05) is 0 Å². The standard InChI is InChI=1S/C11H10O5/c1-7(12)6-10(13)16-9-4-2-8(3-5-9)11(14)15/h2-5H,6H2,1H3,(H,14,15). The molecule has 5 nitrogen and oxygen atoms in total. The minimum absolute atomic E-state index is 0.103. The molecule has 0 amide bonds. The van der Waals surface area contributed by atoms with Crippen LogP contribution in [0.3, 0.4) is 0 Å². The first-order valence-corrected chi connectivity index (χ1v) is 4.52. The van der Waals surface area contributed by atoms with Crippen molar-refractivity contribution in [2.24, 2.45) is 0 Å². The monoisotopic (exact) mass is 222 g/mol. The third-order valence-electron chi connectivity index (χ3n) is 1.73. The van der Waals surface area contributed by atoms with E-state index < -0.39 is 11.9 Å². The fourth-order valence-corrected chi connectivity index (χ4v) is 1.04. The lowest BCUT2D eigenvalue weighted by atomic mass is 10.2. The van der Waals surface area contributed by atoms with Crippen molar-refractivity contribution in [3.8, 4) is 5.75 Å². The van der Waals surface area contributed by atoms with E-state index in [-0.39, 0.29) is 23.5 Å². The normalized spacial score (nSPS) is 9.56. The second-order valence-corrected chi connectivity index (χ2v) is 3.18. The van der Waals surface area contributed by atoms with Crippen LogP contribution in [0.5, 0.6) is 5.75 Å². The summed E-state index contributed by atoms with van der Waals surface area (Å²) in [6.45, 7) is 1.29. The van der Waals surface area contributed by atoms with Crippen molar-refractivity contribution in [3.63, 3.8) is 0 Å². The Morgan fingerprint density at radius 3 is 2.19 bits per heavy atom. The van der Waals surface area contributed by atoms with Gasteiger partial charge in [0, 0.05) is 0 Å². The maximum absolute atomic E-state index is 11.1. The van der Waals surface area contributed by atoms with Crippen LogP contribution in [0.15, 0.2) is 24.3 Å². The van der Waals surface area contributed by atoms with E-state index in [0.29, 0.717) is 0 Å². The Labute approximate surface area is 91.6 Å². The molecule has 1 aromatic carbocycles. The Hall–Kier alpha value is -2.17. The quantitative estimate of drug-likeness (QED) is 0.471. The van der Waals surface area contributed by atoms with Gasteiger partial charge in [-0.15, -0.1) is 0 Å². The van der Waals surface area contributed by atoms with Crippen molar-refractivity contribution in [1.82, 2.24) is 0 Å². The summed E-state index contributed by atoms with van der Waals surface area (Å²) in [6, 6.07) is 5.36. The Kier molecular flexibility index (Phi) is 3.77. The number of aromatic carboxylic acids is 1. The van der Waals surface area contributed by atoms with Gasteiger partial charge in [-0.3, -0.25) is 9.59 Å². The summed E-state index contributed by atoms with van der Waals surface area (Å²) in [5.41, 5.74) is 0.103. The minimum Gasteiger partial charge on any atom is -0.478 e. The first-order chi connectivity index (χ1) is 7.49. The van der Waals surface area contributed by atoms with Gasteiger partial charge < -0.3 is 9.84 Å². The van der Waals surface area contributed by atoms with Crippen LogP contribution < -0.4 is 4.74 Å². The molecule has 0 saturated carbocycles. The third kappa shape index (κ3) is 3.53. The van der Waals surface area contributed by atoms with Gasteiger partial charge in [0.05, 0.1) is 5.56 Å². The topological polar surface area (TPSA) is 80.7 Å². The molecule has 1 N–H and O–H groups in total. The summed E-state index contributed by atoms with van der Waals surface area (Å²) in [4.78, 5) is 32.2. The van der Waals surface area contributed by atoms with E-state index in [2.05, 4.69) is 0 Å². The molecule has 0 bridgehead atoms. The fraction of sp³-hybridized carbons (Fsp3) is 0.182. The van der Waals surface area contributed by atoms with Crippen molar-refractivity contribution in [1.29, 1.82) is 0 Å². The second-order valence-electron chi connectivity index (χ2n) is 3.18. The number of esters is 1. The molecule has 0 aliphatic carbocycles. The van der Waals surface area contributed by atoms with E-state index in [1.54, 1.807) is 0 Å². The third-order valence-corrected chi connectivity index (χ3v) is 1.73. The number of carbonyl (C=O) groups is 3. The summed E-state index contributed by atoms with van der Waals surface area (Å²) in [5, 5.41) is 8.62. The van der Waals surface area contributed by atoms with Gasteiger partial charge in [-0.1, -0.05) is 0 Å². The molecule has 0 aliphatic heterocycles. The summed E-state index contributed by atoms with van der Waals surface area (Å²) >= 11 is 0. The number of hydrogen-bond donors (Lipinski definition) is 1. The van der Waals surface area contributed by atoms with Crippen LogP contribution in [0.25, 0.3) is 0 Å². The molecular weight excluding hydrogens is 212 g/mol. The minimum atomic E-state index is -1.05. The van der Waals surface area contributed by atoms with Crippen LogP contribution in [0.2, 0.25) is 0 Å². The predicted octanol–water partition coefficient (Wildman–Crippen LogP) is 1.27. The van der Waals surface area contributed by atoms with Crippen molar-refractivity contribution < 1.29 is 24.2 Å². The smallest absolute Gasteiger partial charge is 0.335 e. The molecule has 16 heavy (non-hydrogen) atoms. The first-order valence-electron chi connectivity index (χ1n) is 4.52. The van der Waals surface area contributed by atoms with Crippen molar-refractivity contribution in [3.05, 3.63) is 29.8 Å². The maximum atomic E-state index is 11.1. The van der Waals surface area contributed by atoms with Gasteiger partial charge in [0.1, 0.15) is 18.0 Å². The predicted molar refractivity (Wildman–Crippen MR) is 54.3 cm³/mol. The number of hydrogen-bond acceptors (Lipinski definition) is 4. The number of ether oxygens (including phenoxy) is 1. The number of rotatable bonds is 4. The van der Waals surface area contributed by atoms with E-state index >= 15 is 0 Å². The van der Waals surface area contributed by atoms with Gasteiger partial charge in [0.25, 0.3) is 0 Å². The number of benzene rings is 1. The van der Waals surface area contributed by atoms with Crippen LogP contribution in [-0.2, 0) is 9.59 Å². The second kappa shape index (κ2) is 5.06. The van der Waals surface area contributed by atoms with Gasteiger partial charge in [-0.2, -0.15) is 0 Å². The maximum Gasteiger partial charge on any atom is 0.335 e. The average molecular weight is 222 g/mol. The number of Topliss-reactive ketones (excluding diaryl/α,β-unsaturated/α-hetero) is 1. The Morgan fingerprint density at radius 2 is 1.75 bits per heavy atom. The lowest BCUT2D eigenvalue weighted by Gasteiger charge is -2.02. The molecule has 0 aliphatic rings. The Morgan fingerprint density at radius 1 is 1.19 bits per heavy atom. The number of carboxylic acid groups (broad SMARTS) is 1. The van der Waals surface area contributed by atoms with Crippen molar-refractivity contribution >= 4 is 17.7 Å². The van der Waals surface area contributed by atoms with E-state index in [4.69, 9.17) is 9.84 Å². The zero-order valence-corrected chi connectivity index (χ0v) is 8.60. The highest BCUT2D eigenvalue weighted by atomic mass is 16.5. The van der Waals surface area contributed by atoms with Crippen LogP contribution in [0.4, 0.5) is 0 Å². The number of carboxylic acids is 1. The largest absolute Gasteiger partial charge is 0.478 e. The molecule has 0 spiro atoms. The zero-order chi connectivity index (χ0) is 12.1. The number of ketones is 1. The summed E-state index contributed by atoms with van der Waals surface area (Å²) in [6.07, 6.45) is -0.291. The highest BCUT2D eigenvalue weighted by Gasteiger charge is 2.08. The van der Waals surface area contributed by atoms with Crippen molar-refractivity contribution in [2.45, 2.75) is 13.3 Å². The summed E-state index contributed by atoms with van der Waals surface area (Å²) in [5.74, 6) is -1.78. The molecule has 84 valence electrons. The fourth-order valence-electron chi connectivity index (χ4n) is 1.04. The number of carbonyl (C=O) groups excluding carboxylic acids is 2. The first kappa shape index (κ1) is 11.9. The molecule has 1 rings (SSSR count). The molecular formula is C11H10O5. The zero-order valence-electron chi connectivity index (χ0n) is 8.60. The van der Waals surface area contributed by atoms with Gasteiger partial charge in [-0.25, -0.2) is 4.79 Å². The Bertz CT molecular complexity index is 419. The molecule has 1 aromatic rings. The molecule has 0 aromatic heterocycles. The van der Waals surface area contributed by atoms with Crippen LogP contribution in [-0.4, -0.2) is 22.8 Å². The van der Waals surface area contributed by atoms with Crippen LogP contribution >= 0.6 is 0 Å². The average Bonchev–Trinajstić information content (AvgIpc) is 2.16. The van der Waals surface area contributed by atoms with Crippen LogP contribution in [0.1, 0.15) is 23.7 Å².